The van der Waals surface area contributed by atoms with Crippen LogP contribution in [-0.2, 0) is 13.0 Å². The second kappa shape index (κ2) is 4.33. The van der Waals surface area contributed by atoms with Crippen LogP contribution in [0.3, 0.4) is 0 Å². The molecular formula is C12H13N3OS. The van der Waals surface area contributed by atoms with Gasteiger partial charge in [0.1, 0.15) is 0 Å². The third kappa shape index (κ3) is 1.98. The Morgan fingerprint density at radius 1 is 1.41 bits per heavy atom. The van der Waals surface area contributed by atoms with Crippen molar-refractivity contribution in [2.45, 2.75) is 13.0 Å². The van der Waals surface area contributed by atoms with Crippen LogP contribution in [-0.4, -0.2) is 23.6 Å². The number of aromatic nitrogens is 2. The molecule has 3 rings (SSSR count). The molecule has 3 heterocycles. The molecular weight excluding hydrogens is 234 g/mol. The molecule has 0 amide bonds. The molecule has 0 unspecified atom stereocenters. The molecule has 1 aliphatic heterocycles. The van der Waals surface area contributed by atoms with Crippen LogP contribution >= 0.6 is 11.3 Å². The summed E-state index contributed by atoms with van der Waals surface area (Å²) in [5.41, 5.74) is 1.40. The van der Waals surface area contributed by atoms with E-state index in [1.165, 1.54) is 10.4 Å². The van der Waals surface area contributed by atoms with Crippen LogP contribution in [0.15, 0.2) is 23.7 Å². The van der Waals surface area contributed by atoms with Crippen LogP contribution in [0.2, 0.25) is 0 Å². The van der Waals surface area contributed by atoms with E-state index < -0.39 is 0 Å². The molecule has 0 radical (unpaired) electrons. The average Bonchev–Trinajstić information content (AvgIpc) is 2.86. The fourth-order valence-electron chi connectivity index (χ4n) is 2.02. The zero-order valence-electron chi connectivity index (χ0n) is 9.59. The van der Waals surface area contributed by atoms with Crippen molar-refractivity contribution in [3.8, 4) is 5.88 Å². The van der Waals surface area contributed by atoms with Crippen LogP contribution in [0.1, 0.15) is 10.4 Å². The van der Waals surface area contributed by atoms with E-state index in [4.69, 9.17) is 4.74 Å². The van der Waals surface area contributed by atoms with E-state index in [-0.39, 0.29) is 0 Å². The van der Waals surface area contributed by atoms with Crippen molar-refractivity contribution >= 4 is 17.3 Å². The molecule has 17 heavy (non-hydrogen) atoms. The number of thiophene rings is 1. The zero-order valence-corrected chi connectivity index (χ0v) is 10.4. The summed E-state index contributed by atoms with van der Waals surface area (Å²) in [6, 6.07) is 3.95. The van der Waals surface area contributed by atoms with Crippen molar-refractivity contribution in [2.75, 3.05) is 18.6 Å². The van der Waals surface area contributed by atoms with E-state index in [9.17, 15) is 0 Å². The first kappa shape index (κ1) is 10.5. The lowest BCUT2D eigenvalue weighted by Crippen LogP contribution is -2.30. The first-order chi connectivity index (χ1) is 8.36. The number of hydrogen-bond donors (Lipinski definition) is 0. The van der Waals surface area contributed by atoms with Gasteiger partial charge in [-0.2, -0.15) is 4.98 Å². The molecule has 2 aromatic heterocycles. The second-order valence-corrected chi connectivity index (χ2v) is 4.94. The Bertz CT molecular complexity index is 526. The Kier molecular flexibility index (Phi) is 2.68. The van der Waals surface area contributed by atoms with Crippen LogP contribution < -0.4 is 9.64 Å². The smallest absolute Gasteiger partial charge is 0.228 e. The van der Waals surface area contributed by atoms with E-state index in [1.807, 2.05) is 11.3 Å². The highest BCUT2D eigenvalue weighted by molar-refractivity contribution is 7.10. The average molecular weight is 247 g/mol. The van der Waals surface area contributed by atoms with Crippen LogP contribution in [0.25, 0.3) is 0 Å². The summed E-state index contributed by atoms with van der Waals surface area (Å²) in [6.45, 7) is 1.87. The summed E-state index contributed by atoms with van der Waals surface area (Å²) in [7, 11) is 1.62. The Morgan fingerprint density at radius 3 is 3.24 bits per heavy atom. The largest absolute Gasteiger partial charge is 0.481 e. The molecule has 88 valence electrons. The number of ether oxygens (including phenoxy) is 1. The summed E-state index contributed by atoms with van der Waals surface area (Å²) in [6.07, 6.45) is 2.82. The zero-order chi connectivity index (χ0) is 11.7. The summed E-state index contributed by atoms with van der Waals surface area (Å²) < 4.78 is 5.12. The van der Waals surface area contributed by atoms with E-state index in [0.29, 0.717) is 5.88 Å². The number of hydrogen-bond acceptors (Lipinski definition) is 5. The Labute approximate surface area is 104 Å². The highest BCUT2D eigenvalue weighted by Gasteiger charge is 2.19. The molecule has 2 aromatic rings. The number of methoxy groups -OCH3 is 1. The van der Waals surface area contributed by atoms with E-state index in [1.54, 1.807) is 19.4 Å². The predicted molar refractivity (Wildman–Crippen MR) is 67.7 cm³/mol. The topological polar surface area (TPSA) is 38.2 Å². The second-order valence-electron chi connectivity index (χ2n) is 3.94. The molecule has 0 saturated carbocycles. The SMILES string of the molecule is COc1ccnc(N2CCc3sccc3C2)n1. The lowest BCUT2D eigenvalue weighted by Gasteiger charge is -2.26. The first-order valence-electron chi connectivity index (χ1n) is 5.54. The normalized spacial score (nSPS) is 14.5. The lowest BCUT2D eigenvalue weighted by atomic mass is 10.1. The van der Waals surface area contributed by atoms with Crippen molar-refractivity contribution in [1.82, 2.24) is 9.97 Å². The molecule has 0 fully saturated rings. The van der Waals surface area contributed by atoms with E-state index in [2.05, 4.69) is 26.3 Å². The summed E-state index contributed by atoms with van der Waals surface area (Å²) >= 11 is 1.84. The standard InChI is InChI=1S/C12H13N3OS/c1-16-11-2-5-13-12(14-11)15-6-3-10-9(8-15)4-7-17-10/h2,4-5,7H,3,6,8H2,1H3. The van der Waals surface area contributed by atoms with Gasteiger partial charge in [0, 0.05) is 30.2 Å². The third-order valence-corrected chi connectivity index (χ3v) is 3.94. The Morgan fingerprint density at radius 2 is 2.35 bits per heavy atom. The highest BCUT2D eigenvalue weighted by Crippen LogP contribution is 2.26. The molecule has 0 N–H and O–H groups in total. The van der Waals surface area contributed by atoms with Crippen LogP contribution in [0.5, 0.6) is 5.88 Å². The fourth-order valence-corrected chi connectivity index (χ4v) is 2.91. The van der Waals surface area contributed by atoms with Gasteiger partial charge in [-0.25, -0.2) is 4.98 Å². The summed E-state index contributed by atoms with van der Waals surface area (Å²) in [4.78, 5) is 12.4. The summed E-state index contributed by atoms with van der Waals surface area (Å²) in [5.74, 6) is 1.37. The maximum Gasteiger partial charge on any atom is 0.228 e. The lowest BCUT2D eigenvalue weighted by molar-refractivity contribution is 0.396. The quantitative estimate of drug-likeness (QED) is 0.814. The van der Waals surface area contributed by atoms with Crippen molar-refractivity contribution < 1.29 is 4.74 Å². The monoisotopic (exact) mass is 247 g/mol. The molecule has 5 heteroatoms. The van der Waals surface area contributed by atoms with Gasteiger partial charge in [-0.3, -0.25) is 0 Å². The van der Waals surface area contributed by atoms with Gasteiger partial charge in [-0.1, -0.05) is 0 Å². The Hall–Kier alpha value is -1.62. The third-order valence-electron chi connectivity index (χ3n) is 2.92. The Balaban J connectivity index is 1.86. The van der Waals surface area contributed by atoms with Gasteiger partial charge in [0.25, 0.3) is 0 Å². The molecule has 1 aliphatic rings. The number of fused-ring (bicyclic) bond motifs is 1. The summed E-state index contributed by atoms with van der Waals surface area (Å²) in [5, 5.41) is 2.15. The van der Waals surface area contributed by atoms with Gasteiger partial charge in [0.15, 0.2) is 0 Å². The molecule has 0 saturated heterocycles. The maximum absolute atomic E-state index is 5.12. The number of anilines is 1. The molecule has 0 atom stereocenters. The molecule has 0 aromatic carbocycles. The van der Waals surface area contributed by atoms with E-state index >= 15 is 0 Å². The van der Waals surface area contributed by atoms with Gasteiger partial charge in [-0.15, -0.1) is 11.3 Å². The van der Waals surface area contributed by atoms with Gasteiger partial charge >= 0.3 is 0 Å². The molecule has 0 bridgehead atoms. The molecule has 4 nitrogen and oxygen atoms in total. The minimum Gasteiger partial charge on any atom is -0.481 e. The van der Waals surface area contributed by atoms with Gasteiger partial charge in [0.05, 0.1) is 7.11 Å². The van der Waals surface area contributed by atoms with Crippen LogP contribution in [0.4, 0.5) is 5.95 Å². The first-order valence-corrected chi connectivity index (χ1v) is 6.42. The minimum atomic E-state index is 0.617. The van der Waals surface area contributed by atoms with Crippen LogP contribution in [0, 0.1) is 0 Å². The van der Waals surface area contributed by atoms with Gasteiger partial charge < -0.3 is 9.64 Å². The number of rotatable bonds is 2. The van der Waals surface area contributed by atoms with Gasteiger partial charge in [-0.05, 0) is 23.4 Å². The van der Waals surface area contributed by atoms with Gasteiger partial charge in [0.2, 0.25) is 11.8 Å². The van der Waals surface area contributed by atoms with Crippen molar-refractivity contribution in [3.63, 3.8) is 0 Å². The van der Waals surface area contributed by atoms with Crippen molar-refractivity contribution in [3.05, 3.63) is 34.2 Å². The molecule has 0 aliphatic carbocycles. The predicted octanol–water partition coefficient (Wildman–Crippen LogP) is 2.11. The fraction of sp³-hybridized carbons (Fsp3) is 0.333. The van der Waals surface area contributed by atoms with E-state index in [0.717, 1.165) is 25.5 Å². The molecule has 0 spiro atoms. The van der Waals surface area contributed by atoms with Crippen molar-refractivity contribution in [2.24, 2.45) is 0 Å². The minimum absolute atomic E-state index is 0.617. The number of nitrogens with zero attached hydrogens (tertiary/aromatic N) is 3. The highest BCUT2D eigenvalue weighted by atomic mass is 32.1. The van der Waals surface area contributed by atoms with Crippen molar-refractivity contribution in [1.29, 1.82) is 0 Å². The maximum atomic E-state index is 5.12.